The number of carbonyl (C=O) groups excluding carboxylic acids is 2. The molecule has 1 saturated heterocycles. The molecule has 2 amide bonds. The Labute approximate surface area is 193 Å². The summed E-state index contributed by atoms with van der Waals surface area (Å²) in [6.45, 7) is 0.435. The fourth-order valence-electron chi connectivity index (χ4n) is 4.03. The van der Waals surface area contributed by atoms with Gasteiger partial charge in [0.25, 0.3) is 5.91 Å². The van der Waals surface area contributed by atoms with E-state index in [1.54, 1.807) is 24.3 Å². The summed E-state index contributed by atoms with van der Waals surface area (Å²) in [5.41, 5.74) is 2.03. The maximum absolute atomic E-state index is 12.9. The van der Waals surface area contributed by atoms with Gasteiger partial charge in [0.05, 0.1) is 11.8 Å². The number of nitrogens with one attached hydrogen (secondary N) is 1. The lowest BCUT2D eigenvalue weighted by Crippen LogP contribution is -2.44. The van der Waals surface area contributed by atoms with Crippen LogP contribution in [0.3, 0.4) is 0 Å². The number of hydrogen-bond acceptors (Lipinski definition) is 5. The van der Waals surface area contributed by atoms with E-state index in [1.807, 2.05) is 36.4 Å². The predicted octanol–water partition coefficient (Wildman–Crippen LogP) is 2.89. The largest absolute Gasteiger partial charge is 0.480 e. The molecule has 0 spiro atoms. The van der Waals surface area contributed by atoms with Crippen LogP contribution in [0.1, 0.15) is 41.6 Å². The van der Waals surface area contributed by atoms with E-state index in [4.69, 9.17) is 4.84 Å². The molecule has 0 aromatic heterocycles. The second kappa shape index (κ2) is 11.8. The Morgan fingerprint density at radius 3 is 2.39 bits per heavy atom. The molecular formula is C25H29N3O5. The van der Waals surface area contributed by atoms with E-state index in [2.05, 4.69) is 10.5 Å². The number of aliphatic carboxylic acids is 1. The summed E-state index contributed by atoms with van der Waals surface area (Å²) in [6, 6.07) is 17.3. The number of benzene rings is 2. The van der Waals surface area contributed by atoms with Gasteiger partial charge in [0.1, 0.15) is 13.2 Å². The molecule has 1 unspecified atom stereocenters. The molecule has 8 nitrogen and oxygen atoms in total. The summed E-state index contributed by atoms with van der Waals surface area (Å²) in [5, 5.41) is 16.5. The molecule has 2 aromatic rings. The van der Waals surface area contributed by atoms with Crippen molar-refractivity contribution in [2.24, 2.45) is 5.16 Å². The van der Waals surface area contributed by atoms with Crippen molar-refractivity contribution >= 4 is 23.5 Å². The summed E-state index contributed by atoms with van der Waals surface area (Å²) in [5.74, 6) is -1.47. The van der Waals surface area contributed by atoms with Crippen LogP contribution in [0.15, 0.2) is 65.8 Å². The zero-order valence-electron chi connectivity index (χ0n) is 18.6. The molecule has 0 aliphatic carbocycles. The van der Waals surface area contributed by atoms with Gasteiger partial charge in [-0.05, 0) is 43.4 Å². The number of nitrogens with zero attached hydrogens (tertiary/aromatic N) is 2. The normalized spacial score (nSPS) is 16.8. The second-order valence-electron chi connectivity index (χ2n) is 7.93. The van der Waals surface area contributed by atoms with Crippen LogP contribution in [0.4, 0.5) is 0 Å². The molecule has 33 heavy (non-hydrogen) atoms. The molecule has 1 aliphatic heterocycles. The van der Waals surface area contributed by atoms with Crippen molar-refractivity contribution in [3.05, 3.63) is 71.8 Å². The minimum Gasteiger partial charge on any atom is -0.480 e. The Hall–Kier alpha value is -3.68. The second-order valence-corrected chi connectivity index (χ2v) is 7.93. The molecule has 2 atom stereocenters. The molecule has 2 N–H and O–H groups in total. The lowest BCUT2D eigenvalue weighted by molar-refractivity contribution is -0.148. The Balaban J connectivity index is 1.76. The molecule has 2 aromatic carbocycles. The Kier molecular flexibility index (Phi) is 8.57. The molecule has 8 heteroatoms. The number of rotatable bonds is 10. The van der Waals surface area contributed by atoms with Gasteiger partial charge >= 0.3 is 5.97 Å². The highest BCUT2D eigenvalue weighted by atomic mass is 16.6. The molecule has 0 saturated carbocycles. The van der Waals surface area contributed by atoms with E-state index in [9.17, 15) is 19.5 Å². The maximum atomic E-state index is 12.9. The van der Waals surface area contributed by atoms with Gasteiger partial charge in [-0.3, -0.25) is 9.59 Å². The Morgan fingerprint density at radius 2 is 1.76 bits per heavy atom. The summed E-state index contributed by atoms with van der Waals surface area (Å²) in [6.07, 6.45) is 1.92. The van der Waals surface area contributed by atoms with Crippen LogP contribution in [0.25, 0.3) is 0 Å². The minimum atomic E-state index is -0.983. The van der Waals surface area contributed by atoms with Crippen molar-refractivity contribution in [1.29, 1.82) is 0 Å². The van der Waals surface area contributed by atoms with E-state index in [1.165, 1.54) is 12.0 Å². The van der Waals surface area contributed by atoms with Gasteiger partial charge in [0.2, 0.25) is 5.91 Å². The van der Waals surface area contributed by atoms with Gasteiger partial charge in [0, 0.05) is 18.5 Å². The molecular weight excluding hydrogens is 422 g/mol. The van der Waals surface area contributed by atoms with Crippen LogP contribution in [0.5, 0.6) is 0 Å². The van der Waals surface area contributed by atoms with E-state index < -0.39 is 18.1 Å². The van der Waals surface area contributed by atoms with E-state index in [-0.39, 0.29) is 24.7 Å². The first-order valence-electron chi connectivity index (χ1n) is 11.0. The summed E-state index contributed by atoms with van der Waals surface area (Å²) in [4.78, 5) is 43.5. The van der Waals surface area contributed by atoms with Crippen molar-refractivity contribution in [3.63, 3.8) is 0 Å². The third-order valence-electron chi connectivity index (χ3n) is 5.69. The number of likely N-dealkylation sites (tertiary alicyclic amines) is 1. The highest BCUT2D eigenvalue weighted by Crippen LogP contribution is 2.19. The quantitative estimate of drug-likeness (QED) is 0.427. The first-order valence-corrected chi connectivity index (χ1v) is 11.0. The van der Waals surface area contributed by atoms with Crippen molar-refractivity contribution < 1.29 is 24.3 Å². The van der Waals surface area contributed by atoms with Gasteiger partial charge in [0.15, 0.2) is 0 Å². The smallest absolute Gasteiger partial charge is 0.326 e. The average Bonchev–Trinajstić information content (AvgIpc) is 3.33. The van der Waals surface area contributed by atoms with Crippen LogP contribution >= 0.6 is 0 Å². The lowest BCUT2D eigenvalue weighted by Gasteiger charge is -2.23. The zero-order chi connectivity index (χ0) is 23.6. The minimum absolute atomic E-state index is 0.0818. The topological polar surface area (TPSA) is 108 Å². The van der Waals surface area contributed by atoms with Gasteiger partial charge in [-0.1, -0.05) is 53.7 Å². The van der Waals surface area contributed by atoms with Crippen LogP contribution in [-0.2, 0) is 20.8 Å². The van der Waals surface area contributed by atoms with Gasteiger partial charge in [-0.25, -0.2) is 4.79 Å². The van der Waals surface area contributed by atoms with Crippen molar-refractivity contribution in [3.8, 4) is 0 Å². The molecule has 0 radical (unpaired) electrons. The fraction of sp³-hybridized carbons (Fsp3) is 0.360. The molecule has 3 rings (SSSR count). The van der Waals surface area contributed by atoms with Gasteiger partial charge < -0.3 is 20.2 Å². The summed E-state index contributed by atoms with van der Waals surface area (Å²) >= 11 is 0. The lowest BCUT2D eigenvalue weighted by atomic mass is 9.98. The molecule has 174 valence electrons. The summed E-state index contributed by atoms with van der Waals surface area (Å²) in [7, 11) is 1.42. The standard InChI is InChI=1S/C25H29N3O5/c1-33-27-20(14-15-23(29)28-16-8-13-22(28)25(31)32)21(17-18-9-4-2-5-10-18)26-24(30)19-11-6-3-7-12-19/h2-7,9-12,21-22H,8,13-17H2,1H3,(H,26,30)(H,31,32)/b27-20+/t21?,22-/m0/s1. The Bertz CT molecular complexity index is 978. The van der Waals surface area contributed by atoms with Crippen LogP contribution in [0.2, 0.25) is 0 Å². The van der Waals surface area contributed by atoms with Crippen molar-refractivity contribution in [2.45, 2.75) is 44.2 Å². The van der Waals surface area contributed by atoms with E-state index >= 15 is 0 Å². The Morgan fingerprint density at radius 1 is 1.09 bits per heavy atom. The van der Waals surface area contributed by atoms with E-state index in [0.29, 0.717) is 37.1 Å². The molecule has 0 bridgehead atoms. The van der Waals surface area contributed by atoms with E-state index in [0.717, 1.165) is 5.56 Å². The van der Waals surface area contributed by atoms with Crippen LogP contribution in [-0.4, -0.2) is 59.2 Å². The number of oxime groups is 1. The maximum Gasteiger partial charge on any atom is 0.326 e. The highest BCUT2D eigenvalue weighted by molar-refractivity contribution is 6.00. The predicted molar refractivity (Wildman–Crippen MR) is 124 cm³/mol. The van der Waals surface area contributed by atoms with Crippen molar-refractivity contribution in [2.75, 3.05) is 13.7 Å². The number of hydrogen-bond donors (Lipinski definition) is 2. The molecule has 1 fully saturated rings. The summed E-state index contributed by atoms with van der Waals surface area (Å²) < 4.78 is 0. The first kappa shape index (κ1) is 24.0. The third-order valence-corrected chi connectivity index (χ3v) is 5.69. The van der Waals surface area contributed by atoms with Gasteiger partial charge in [-0.2, -0.15) is 0 Å². The zero-order valence-corrected chi connectivity index (χ0v) is 18.6. The average molecular weight is 452 g/mol. The number of amides is 2. The highest BCUT2D eigenvalue weighted by Gasteiger charge is 2.34. The van der Waals surface area contributed by atoms with Crippen LogP contribution < -0.4 is 5.32 Å². The number of carboxylic acid groups (broad SMARTS) is 1. The first-order chi connectivity index (χ1) is 16.0. The number of carbonyl (C=O) groups is 3. The molecule has 1 aliphatic rings. The number of carboxylic acids is 1. The fourth-order valence-corrected chi connectivity index (χ4v) is 4.03. The monoisotopic (exact) mass is 451 g/mol. The SMILES string of the molecule is CO/N=C(\CCC(=O)N1CCC[C@H]1C(=O)O)C(Cc1ccccc1)NC(=O)c1ccccc1. The van der Waals surface area contributed by atoms with Gasteiger partial charge in [-0.15, -0.1) is 0 Å². The van der Waals surface area contributed by atoms with Crippen molar-refractivity contribution in [1.82, 2.24) is 10.2 Å². The van der Waals surface area contributed by atoms with Crippen LogP contribution in [0, 0.1) is 0 Å². The third kappa shape index (κ3) is 6.65. The molecule has 1 heterocycles.